The minimum Gasteiger partial charge on any atom is -0.461 e. The molecule has 3 aliphatic heterocycles. The van der Waals surface area contributed by atoms with Gasteiger partial charge < -0.3 is 10.1 Å². The Labute approximate surface area is 258 Å². The highest BCUT2D eigenvalue weighted by Gasteiger charge is 2.30. The molecule has 3 aliphatic rings. The smallest absolute Gasteiger partial charge is 0.338 e. The zero-order chi connectivity index (χ0) is 29.9. The molecule has 0 radical (unpaired) electrons. The van der Waals surface area contributed by atoms with Crippen LogP contribution in [0.5, 0.6) is 0 Å². The highest BCUT2D eigenvalue weighted by atomic mass is 16.5. The summed E-state index contributed by atoms with van der Waals surface area (Å²) < 4.78 is 5.69. The fraction of sp³-hybridized carbons (Fsp3) is 0.333. The van der Waals surface area contributed by atoms with Gasteiger partial charge in [-0.25, -0.2) is 4.79 Å². The van der Waals surface area contributed by atoms with E-state index in [0.29, 0.717) is 23.9 Å². The molecule has 0 spiro atoms. The van der Waals surface area contributed by atoms with Crippen molar-refractivity contribution in [3.63, 3.8) is 0 Å². The summed E-state index contributed by atoms with van der Waals surface area (Å²) in [6.45, 7) is 7.63. The molecule has 4 aromatic rings. The third-order valence-corrected chi connectivity index (χ3v) is 8.99. The third-order valence-electron chi connectivity index (χ3n) is 8.99. The summed E-state index contributed by atoms with van der Waals surface area (Å²) >= 11 is 0. The number of fused-ring (bicyclic) bond motifs is 2. The Hall–Kier alpha value is -4.40. The first-order valence-electron chi connectivity index (χ1n) is 15.7. The van der Waals surface area contributed by atoms with E-state index >= 15 is 0 Å². The third kappa shape index (κ3) is 6.14. The maximum Gasteiger partial charge on any atom is 0.338 e. The lowest BCUT2D eigenvalue weighted by atomic mass is 9.96. The number of ether oxygens (including phenoxy) is 1. The molecular weight excluding hydrogens is 548 g/mol. The van der Waals surface area contributed by atoms with Gasteiger partial charge in [0, 0.05) is 61.3 Å². The lowest BCUT2D eigenvalue weighted by Crippen LogP contribution is -2.50. The van der Waals surface area contributed by atoms with Gasteiger partial charge in [0.1, 0.15) is 6.61 Å². The van der Waals surface area contributed by atoms with E-state index in [4.69, 9.17) is 14.7 Å². The standard InChI is InChI=1S/C36H38N6O2/c1-25-6-4-9-33(40-25)35-31(8-2-3-13-38-35)26-10-11-32-28(20-26)21-29(23-39-32)34-22-27(12-14-37-34)36(43)44-19-18-41-16-17-42-15-5-7-30(42)24-41/h3-4,6,9-14,20-23,30,38H,2,5,7-8,15-19,24H2,1H3. The average molecular weight is 587 g/mol. The van der Waals surface area contributed by atoms with Gasteiger partial charge in [-0.15, -0.1) is 0 Å². The summed E-state index contributed by atoms with van der Waals surface area (Å²) in [6.07, 6.45) is 12.1. The van der Waals surface area contributed by atoms with Crippen LogP contribution in [-0.2, 0) is 4.74 Å². The first-order valence-corrected chi connectivity index (χ1v) is 15.7. The number of nitrogens with one attached hydrogen (secondary N) is 1. The molecule has 1 aromatic carbocycles. The number of hydrogen-bond donors (Lipinski definition) is 1. The summed E-state index contributed by atoms with van der Waals surface area (Å²) in [5, 5.41) is 4.49. The summed E-state index contributed by atoms with van der Waals surface area (Å²) in [4.78, 5) is 32.1. The van der Waals surface area contributed by atoms with Crippen molar-refractivity contribution in [3.8, 4) is 11.3 Å². The van der Waals surface area contributed by atoms with Crippen molar-refractivity contribution in [3.05, 3.63) is 102 Å². The molecule has 7 rings (SSSR count). The van der Waals surface area contributed by atoms with E-state index in [1.54, 1.807) is 18.3 Å². The van der Waals surface area contributed by atoms with Crippen LogP contribution in [0.3, 0.4) is 0 Å². The van der Waals surface area contributed by atoms with Crippen LogP contribution in [-0.4, -0.2) is 76.1 Å². The zero-order valence-electron chi connectivity index (χ0n) is 25.2. The number of hydrogen-bond acceptors (Lipinski definition) is 8. The van der Waals surface area contributed by atoms with Gasteiger partial charge in [0.05, 0.1) is 28.2 Å². The maximum atomic E-state index is 13.0. The van der Waals surface area contributed by atoms with Gasteiger partial charge in [-0.1, -0.05) is 18.2 Å². The number of allylic oxidation sites excluding steroid dienone is 2. The number of nitrogens with zero attached hydrogens (tertiary/aromatic N) is 5. The SMILES string of the molecule is Cc1cccc(C2=C(c3ccc4ncc(-c5cc(C(=O)OCCN6CCN7CCCC7C6)ccn5)cc4c3)CCC=CN2)n1. The first kappa shape index (κ1) is 28.4. The molecule has 0 bridgehead atoms. The van der Waals surface area contributed by atoms with E-state index in [-0.39, 0.29) is 5.97 Å². The minimum atomic E-state index is -0.317. The second-order valence-electron chi connectivity index (χ2n) is 11.9. The van der Waals surface area contributed by atoms with E-state index in [1.807, 2.05) is 31.5 Å². The summed E-state index contributed by atoms with van der Waals surface area (Å²) in [7, 11) is 0. The molecule has 8 nitrogen and oxygen atoms in total. The van der Waals surface area contributed by atoms with E-state index in [9.17, 15) is 4.79 Å². The van der Waals surface area contributed by atoms with E-state index in [2.05, 4.69) is 56.5 Å². The predicted molar refractivity (Wildman–Crippen MR) is 174 cm³/mol. The largest absolute Gasteiger partial charge is 0.461 e. The number of pyridine rings is 3. The number of benzene rings is 1. The van der Waals surface area contributed by atoms with Crippen molar-refractivity contribution in [2.24, 2.45) is 0 Å². The van der Waals surface area contributed by atoms with Crippen molar-refractivity contribution >= 4 is 28.1 Å². The van der Waals surface area contributed by atoms with Crippen molar-refractivity contribution in [2.75, 3.05) is 39.3 Å². The number of aromatic nitrogens is 3. The average Bonchev–Trinajstić information content (AvgIpc) is 3.39. The molecule has 1 N–H and O–H groups in total. The Bertz CT molecular complexity index is 1750. The highest BCUT2D eigenvalue weighted by molar-refractivity contribution is 5.94. The Balaban J connectivity index is 1.09. The van der Waals surface area contributed by atoms with Crippen LogP contribution in [0.2, 0.25) is 0 Å². The molecule has 2 saturated heterocycles. The van der Waals surface area contributed by atoms with Crippen molar-refractivity contribution < 1.29 is 9.53 Å². The quantitative estimate of drug-likeness (QED) is 0.276. The Morgan fingerprint density at radius 3 is 2.89 bits per heavy atom. The van der Waals surface area contributed by atoms with Gasteiger partial charge in [-0.2, -0.15) is 0 Å². The molecule has 0 aliphatic carbocycles. The molecule has 44 heavy (non-hydrogen) atoms. The second-order valence-corrected chi connectivity index (χ2v) is 11.9. The number of carbonyl (C=O) groups is 1. The van der Waals surface area contributed by atoms with Gasteiger partial charge >= 0.3 is 5.97 Å². The van der Waals surface area contributed by atoms with E-state index < -0.39 is 0 Å². The zero-order valence-corrected chi connectivity index (χ0v) is 25.2. The molecule has 224 valence electrons. The molecule has 8 heteroatoms. The number of carbonyl (C=O) groups excluding carboxylic acids is 1. The van der Waals surface area contributed by atoms with Crippen LogP contribution in [0.1, 0.15) is 53.0 Å². The van der Waals surface area contributed by atoms with Crippen LogP contribution in [0.15, 0.2) is 79.3 Å². The van der Waals surface area contributed by atoms with Crippen LogP contribution in [0, 0.1) is 6.92 Å². The number of piperazine rings is 1. The predicted octanol–water partition coefficient (Wildman–Crippen LogP) is 5.70. The number of aryl methyl sites for hydroxylation is 1. The lowest BCUT2D eigenvalue weighted by Gasteiger charge is -2.37. The topological polar surface area (TPSA) is 83.5 Å². The van der Waals surface area contributed by atoms with Crippen molar-refractivity contribution in [1.82, 2.24) is 30.1 Å². The van der Waals surface area contributed by atoms with Gasteiger partial charge in [0.25, 0.3) is 0 Å². The molecule has 6 heterocycles. The Morgan fingerprint density at radius 2 is 1.95 bits per heavy atom. The Kier molecular flexibility index (Phi) is 8.18. The van der Waals surface area contributed by atoms with Crippen molar-refractivity contribution in [1.29, 1.82) is 0 Å². The molecular formula is C36H38N6O2. The Morgan fingerprint density at radius 1 is 1.02 bits per heavy atom. The van der Waals surface area contributed by atoms with Crippen molar-refractivity contribution in [2.45, 2.75) is 38.6 Å². The molecule has 3 aromatic heterocycles. The van der Waals surface area contributed by atoms with Crippen LogP contribution >= 0.6 is 0 Å². The lowest BCUT2D eigenvalue weighted by molar-refractivity contribution is 0.0393. The fourth-order valence-corrected chi connectivity index (χ4v) is 6.65. The van der Waals surface area contributed by atoms with Gasteiger partial charge in [-0.3, -0.25) is 24.8 Å². The minimum absolute atomic E-state index is 0.317. The fourth-order valence-electron chi connectivity index (χ4n) is 6.65. The normalized spacial score (nSPS) is 19.1. The number of rotatable bonds is 7. The monoisotopic (exact) mass is 586 g/mol. The maximum absolute atomic E-state index is 13.0. The summed E-state index contributed by atoms with van der Waals surface area (Å²) in [5.74, 6) is -0.317. The second kappa shape index (κ2) is 12.7. The first-order chi connectivity index (χ1) is 21.6. The van der Waals surface area contributed by atoms with Crippen LogP contribution in [0.25, 0.3) is 33.4 Å². The molecule has 0 saturated carbocycles. The van der Waals surface area contributed by atoms with Crippen LogP contribution in [0.4, 0.5) is 0 Å². The molecule has 1 unspecified atom stereocenters. The summed E-state index contributed by atoms with van der Waals surface area (Å²) in [5.41, 5.74) is 8.25. The van der Waals surface area contributed by atoms with E-state index in [1.165, 1.54) is 25.0 Å². The van der Waals surface area contributed by atoms with Gasteiger partial charge in [-0.05, 0) is 99.0 Å². The van der Waals surface area contributed by atoms with Crippen LogP contribution < -0.4 is 5.32 Å². The molecule has 0 amide bonds. The van der Waals surface area contributed by atoms with E-state index in [0.717, 1.165) is 78.1 Å². The van der Waals surface area contributed by atoms with Gasteiger partial charge in [0.2, 0.25) is 0 Å². The number of esters is 1. The highest BCUT2D eigenvalue weighted by Crippen LogP contribution is 2.32. The molecule has 1 atom stereocenters. The molecule has 2 fully saturated rings. The van der Waals surface area contributed by atoms with Gasteiger partial charge in [0.15, 0.2) is 0 Å². The summed E-state index contributed by atoms with van der Waals surface area (Å²) in [6, 6.07) is 18.8.